The summed E-state index contributed by atoms with van der Waals surface area (Å²) in [5, 5.41) is 14.9. The number of carboxylic acid groups (broad SMARTS) is 1. The van der Waals surface area contributed by atoms with Gasteiger partial charge in [0.1, 0.15) is 5.75 Å². The van der Waals surface area contributed by atoms with Gasteiger partial charge in [-0.3, -0.25) is 24.7 Å². The summed E-state index contributed by atoms with van der Waals surface area (Å²) in [5.74, 6) is -0.605. The third-order valence-electron chi connectivity index (χ3n) is 6.00. The molecule has 0 aliphatic carbocycles. The van der Waals surface area contributed by atoms with Crippen LogP contribution in [0.5, 0.6) is 5.75 Å². The lowest BCUT2D eigenvalue weighted by molar-refractivity contribution is -0.138. The number of rotatable bonds is 9. The van der Waals surface area contributed by atoms with Gasteiger partial charge in [0, 0.05) is 49.4 Å². The van der Waals surface area contributed by atoms with Crippen molar-refractivity contribution in [2.75, 3.05) is 50.5 Å². The van der Waals surface area contributed by atoms with E-state index in [0.29, 0.717) is 47.3 Å². The van der Waals surface area contributed by atoms with E-state index >= 15 is 0 Å². The predicted molar refractivity (Wildman–Crippen MR) is 142 cm³/mol. The van der Waals surface area contributed by atoms with E-state index in [1.807, 2.05) is 17.9 Å². The van der Waals surface area contributed by atoms with E-state index in [9.17, 15) is 14.4 Å². The standard InChI is InChI=1S/C26H29N5O5S/c1-17-7-8-21(20(13-17)24(34)19-5-3-4-6-22(19)36-2)28-25(35)29-26-27-14-18(37-26)15-30-9-11-31(12-10-30)16-23(32)33/h3-8,13-14H,9-12,15-16H2,1-2H3,(H,32,33)(H2,27,28,29,35). The molecule has 1 aromatic heterocycles. The monoisotopic (exact) mass is 523 g/mol. The van der Waals surface area contributed by atoms with Crippen LogP contribution in [-0.4, -0.2) is 77.5 Å². The molecule has 2 amide bonds. The molecule has 1 aliphatic heterocycles. The average Bonchev–Trinajstić information content (AvgIpc) is 3.31. The van der Waals surface area contributed by atoms with E-state index in [1.165, 1.54) is 18.4 Å². The molecule has 1 saturated heterocycles. The summed E-state index contributed by atoms with van der Waals surface area (Å²) in [6.07, 6.45) is 1.73. The van der Waals surface area contributed by atoms with Gasteiger partial charge in [0.15, 0.2) is 10.9 Å². The van der Waals surface area contributed by atoms with Gasteiger partial charge in [-0.05, 0) is 31.2 Å². The molecule has 11 heteroatoms. The number of para-hydroxylation sites is 1. The fourth-order valence-corrected chi connectivity index (χ4v) is 4.99. The number of anilines is 2. The van der Waals surface area contributed by atoms with Gasteiger partial charge in [-0.15, -0.1) is 11.3 Å². The number of aryl methyl sites for hydroxylation is 1. The number of methoxy groups -OCH3 is 1. The number of carboxylic acids is 1. The first-order chi connectivity index (χ1) is 17.8. The number of aromatic nitrogens is 1. The second-order valence-electron chi connectivity index (χ2n) is 8.74. The largest absolute Gasteiger partial charge is 0.496 e. The molecule has 0 saturated carbocycles. The number of nitrogens with one attached hydrogen (secondary N) is 2. The molecule has 0 spiro atoms. The third-order valence-corrected chi connectivity index (χ3v) is 6.89. The SMILES string of the molecule is COc1ccccc1C(=O)c1cc(C)ccc1NC(=O)Nc1ncc(CN2CCN(CC(=O)O)CC2)s1. The molecule has 1 fully saturated rings. The van der Waals surface area contributed by atoms with Gasteiger partial charge in [-0.2, -0.15) is 0 Å². The Morgan fingerprint density at radius 2 is 1.76 bits per heavy atom. The van der Waals surface area contributed by atoms with Crippen LogP contribution in [0.4, 0.5) is 15.6 Å². The number of nitrogens with zero attached hydrogens (tertiary/aromatic N) is 3. The van der Waals surface area contributed by atoms with Crippen LogP contribution < -0.4 is 15.4 Å². The van der Waals surface area contributed by atoms with Crippen molar-refractivity contribution in [2.24, 2.45) is 0 Å². The van der Waals surface area contributed by atoms with E-state index in [0.717, 1.165) is 23.5 Å². The Kier molecular flexibility index (Phi) is 8.49. The van der Waals surface area contributed by atoms with Gasteiger partial charge < -0.3 is 15.2 Å². The van der Waals surface area contributed by atoms with Gasteiger partial charge in [0.05, 0.1) is 24.9 Å². The number of piperazine rings is 1. The van der Waals surface area contributed by atoms with Gasteiger partial charge in [-0.25, -0.2) is 9.78 Å². The smallest absolute Gasteiger partial charge is 0.325 e. The van der Waals surface area contributed by atoms with Crippen LogP contribution in [0.2, 0.25) is 0 Å². The number of thiazole rings is 1. The summed E-state index contributed by atoms with van der Waals surface area (Å²) in [5.41, 5.74) is 2.04. The summed E-state index contributed by atoms with van der Waals surface area (Å²) in [4.78, 5) is 46.4. The fraction of sp³-hybridized carbons (Fsp3) is 0.308. The maximum absolute atomic E-state index is 13.3. The van der Waals surface area contributed by atoms with Crippen molar-refractivity contribution in [3.8, 4) is 5.75 Å². The Hall–Kier alpha value is -3.80. The second kappa shape index (κ2) is 12.0. The molecular formula is C26H29N5O5S. The lowest BCUT2D eigenvalue weighted by Crippen LogP contribution is -2.47. The minimum absolute atomic E-state index is 0.0603. The quantitative estimate of drug-likeness (QED) is 0.364. The minimum Gasteiger partial charge on any atom is -0.496 e. The van der Waals surface area contributed by atoms with E-state index in [1.54, 1.807) is 42.6 Å². The van der Waals surface area contributed by atoms with Gasteiger partial charge in [0.2, 0.25) is 0 Å². The summed E-state index contributed by atoms with van der Waals surface area (Å²) >= 11 is 1.38. The molecule has 3 aromatic rings. The first-order valence-corrected chi connectivity index (χ1v) is 12.6. The molecule has 37 heavy (non-hydrogen) atoms. The number of ketones is 1. The molecule has 2 heterocycles. The number of carbonyl (C=O) groups excluding carboxylic acids is 2. The summed E-state index contributed by atoms with van der Waals surface area (Å²) in [7, 11) is 1.51. The van der Waals surface area contributed by atoms with Crippen molar-refractivity contribution in [2.45, 2.75) is 13.5 Å². The van der Waals surface area contributed by atoms with Gasteiger partial charge in [-0.1, -0.05) is 23.8 Å². The lowest BCUT2D eigenvalue weighted by Gasteiger charge is -2.33. The summed E-state index contributed by atoms with van der Waals surface area (Å²) in [6.45, 7) is 5.56. The molecule has 0 atom stereocenters. The Morgan fingerprint density at radius 3 is 2.49 bits per heavy atom. The second-order valence-corrected chi connectivity index (χ2v) is 9.85. The number of hydrogen-bond donors (Lipinski definition) is 3. The van der Waals surface area contributed by atoms with Crippen molar-refractivity contribution in [1.29, 1.82) is 0 Å². The molecule has 2 aromatic carbocycles. The van der Waals surface area contributed by atoms with Crippen LogP contribution >= 0.6 is 11.3 Å². The predicted octanol–water partition coefficient (Wildman–Crippen LogP) is 3.54. The van der Waals surface area contributed by atoms with E-state index in [2.05, 4.69) is 20.5 Å². The van der Waals surface area contributed by atoms with Crippen molar-refractivity contribution in [3.05, 3.63) is 70.2 Å². The molecule has 3 N–H and O–H groups in total. The molecule has 1 aliphatic rings. The number of aliphatic carboxylic acids is 1. The van der Waals surface area contributed by atoms with Crippen molar-refractivity contribution in [3.63, 3.8) is 0 Å². The highest BCUT2D eigenvalue weighted by molar-refractivity contribution is 7.15. The van der Waals surface area contributed by atoms with Crippen LogP contribution in [0.15, 0.2) is 48.7 Å². The zero-order valence-corrected chi connectivity index (χ0v) is 21.5. The number of hydrogen-bond acceptors (Lipinski definition) is 8. The topological polar surface area (TPSA) is 124 Å². The Balaban J connectivity index is 1.38. The maximum Gasteiger partial charge on any atom is 0.325 e. The van der Waals surface area contributed by atoms with Crippen LogP contribution in [0.3, 0.4) is 0 Å². The Morgan fingerprint density at radius 1 is 1.03 bits per heavy atom. The minimum atomic E-state index is -0.813. The number of urea groups is 1. The highest BCUT2D eigenvalue weighted by atomic mass is 32.1. The van der Waals surface area contributed by atoms with Gasteiger partial charge in [0.25, 0.3) is 0 Å². The van der Waals surface area contributed by atoms with Crippen LogP contribution in [0.1, 0.15) is 26.4 Å². The van der Waals surface area contributed by atoms with E-state index < -0.39 is 12.0 Å². The summed E-state index contributed by atoms with van der Waals surface area (Å²) < 4.78 is 5.34. The number of benzene rings is 2. The summed E-state index contributed by atoms with van der Waals surface area (Å²) in [6, 6.07) is 11.7. The van der Waals surface area contributed by atoms with Crippen molar-refractivity contribution in [1.82, 2.24) is 14.8 Å². The fourth-order valence-electron chi connectivity index (χ4n) is 4.14. The highest BCUT2D eigenvalue weighted by Gasteiger charge is 2.21. The molecule has 0 bridgehead atoms. The van der Waals surface area contributed by atoms with Crippen molar-refractivity contribution < 1.29 is 24.2 Å². The normalized spacial score (nSPS) is 14.2. The average molecular weight is 524 g/mol. The maximum atomic E-state index is 13.3. The molecular weight excluding hydrogens is 494 g/mol. The molecule has 0 radical (unpaired) electrons. The van der Waals surface area contributed by atoms with Crippen LogP contribution in [0, 0.1) is 6.92 Å². The Bertz CT molecular complexity index is 1290. The number of carbonyl (C=O) groups is 3. The van der Waals surface area contributed by atoms with Crippen LogP contribution in [-0.2, 0) is 11.3 Å². The third kappa shape index (κ3) is 6.91. The zero-order valence-electron chi connectivity index (χ0n) is 20.7. The van der Waals surface area contributed by atoms with Gasteiger partial charge >= 0.3 is 12.0 Å². The van der Waals surface area contributed by atoms with E-state index in [4.69, 9.17) is 9.84 Å². The highest BCUT2D eigenvalue weighted by Crippen LogP contribution is 2.27. The molecule has 0 unspecified atom stereocenters. The molecule has 194 valence electrons. The molecule has 4 rings (SSSR count). The number of ether oxygens (including phenoxy) is 1. The van der Waals surface area contributed by atoms with Crippen LogP contribution in [0.25, 0.3) is 0 Å². The van der Waals surface area contributed by atoms with E-state index in [-0.39, 0.29) is 12.3 Å². The Labute approximate surface area is 218 Å². The number of amides is 2. The first kappa shape index (κ1) is 26.3. The first-order valence-electron chi connectivity index (χ1n) is 11.8. The molecule has 10 nitrogen and oxygen atoms in total. The van der Waals surface area contributed by atoms with Crippen molar-refractivity contribution >= 4 is 39.9 Å². The lowest BCUT2D eigenvalue weighted by atomic mass is 9.99. The zero-order chi connectivity index (χ0) is 26.4.